The molecular formula is C42H54CaO10S2. The van der Waals surface area contributed by atoms with Gasteiger partial charge in [-0.25, -0.2) is 8.42 Å². The van der Waals surface area contributed by atoms with Crippen LogP contribution in [0.25, 0.3) is 0 Å². The van der Waals surface area contributed by atoms with Crippen LogP contribution >= 0.6 is 0 Å². The topological polar surface area (TPSA) is 173 Å². The Balaban J connectivity index is 0.000000373. The molecule has 0 heterocycles. The summed E-state index contributed by atoms with van der Waals surface area (Å²) in [5.74, 6) is 0.141. The van der Waals surface area contributed by atoms with Crippen LogP contribution in [0.5, 0.6) is 34.5 Å². The number of ether oxygens (including phenoxy) is 2. The van der Waals surface area contributed by atoms with Gasteiger partial charge in [0.15, 0.2) is 11.5 Å². The fourth-order valence-electron chi connectivity index (χ4n) is 5.98. The third-order valence-corrected chi connectivity index (χ3v) is 10.7. The minimum atomic E-state index is -4.69. The van der Waals surface area contributed by atoms with E-state index in [9.17, 15) is 36.2 Å². The van der Waals surface area contributed by atoms with Gasteiger partial charge < -0.3 is 24.2 Å². The number of rotatable bonds is 22. The fraction of sp³-hybridized carbons (Fsp3) is 0.429. The van der Waals surface area contributed by atoms with Gasteiger partial charge in [-0.3, -0.25) is 4.55 Å². The quantitative estimate of drug-likeness (QED) is 0.0441. The van der Waals surface area contributed by atoms with E-state index in [0.717, 1.165) is 51.0 Å². The average Bonchev–Trinajstić information content (AvgIpc) is 3.13. The van der Waals surface area contributed by atoms with Crippen LogP contribution < -0.4 is 14.6 Å². The van der Waals surface area contributed by atoms with Gasteiger partial charge in [-0.05, 0) is 73.2 Å². The van der Waals surface area contributed by atoms with Crippen LogP contribution in [0.3, 0.4) is 0 Å². The van der Waals surface area contributed by atoms with Crippen molar-refractivity contribution < 1.29 is 45.6 Å². The molecule has 0 aliphatic carbocycles. The SMILES string of the molecule is CCCCCCCCCc1cc(O)c(Oc2ccccc2)cc1S(=O)(=O)O.CCCCCCCCCc1cc([O-])c(Oc2ccccc2)cc1S(=O)(=O)[O-].[Ca+2]. The van der Waals surface area contributed by atoms with Crippen LogP contribution in [0, 0.1) is 0 Å². The first-order valence-electron chi connectivity index (χ1n) is 18.9. The van der Waals surface area contributed by atoms with Gasteiger partial charge in [0.25, 0.3) is 10.1 Å². The van der Waals surface area contributed by atoms with E-state index in [0.29, 0.717) is 29.9 Å². The molecule has 0 unspecified atom stereocenters. The van der Waals surface area contributed by atoms with Crippen LogP contribution in [0.2, 0.25) is 0 Å². The Hall–Kier alpha value is -2.84. The van der Waals surface area contributed by atoms with Crippen molar-refractivity contribution in [1.82, 2.24) is 0 Å². The second-order valence-electron chi connectivity index (χ2n) is 13.3. The largest absolute Gasteiger partial charge is 2.00 e. The smallest absolute Gasteiger partial charge is 0.870 e. The third-order valence-electron chi connectivity index (χ3n) is 8.86. The molecule has 4 aromatic rings. The van der Waals surface area contributed by atoms with E-state index in [2.05, 4.69) is 13.8 Å². The van der Waals surface area contributed by atoms with E-state index in [-0.39, 0.29) is 70.3 Å². The molecule has 10 nitrogen and oxygen atoms in total. The summed E-state index contributed by atoms with van der Waals surface area (Å²) in [4.78, 5) is -0.573. The third kappa shape index (κ3) is 17.9. The Labute approximate surface area is 357 Å². The second-order valence-corrected chi connectivity index (χ2v) is 16.1. The van der Waals surface area contributed by atoms with Gasteiger partial charge in [-0.15, -0.1) is 0 Å². The van der Waals surface area contributed by atoms with Gasteiger partial charge in [-0.2, -0.15) is 8.42 Å². The van der Waals surface area contributed by atoms with Crippen LogP contribution in [0.4, 0.5) is 0 Å². The molecule has 0 aliphatic heterocycles. The molecule has 0 amide bonds. The molecule has 0 fully saturated rings. The van der Waals surface area contributed by atoms with Crippen molar-refractivity contribution in [2.75, 3.05) is 0 Å². The van der Waals surface area contributed by atoms with Crippen LogP contribution in [0.15, 0.2) is 94.7 Å². The molecular weight excluding hydrogens is 769 g/mol. The van der Waals surface area contributed by atoms with Crippen molar-refractivity contribution in [3.8, 4) is 34.5 Å². The number of hydrogen-bond acceptors (Lipinski definition) is 9. The predicted octanol–water partition coefficient (Wildman–Crippen LogP) is 10.1. The minimum Gasteiger partial charge on any atom is -0.870 e. The van der Waals surface area contributed by atoms with E-state index in [1.165, 1.54) is 63.1 Å². The summed E-state index contributed by atoms with van der Waals surface area (Å²) in [6, 6.07) is 22.2. The first-order valence-corrected chi connectivity index (χ1v) is 21.8. The zero-order chi connectivity index (χ0) is 39.4. The molecule has 55 heavy (non-hydrogen) atoms. The Morgan fingerprint density at radius 2 is 0.964 bits per heavy atom. The Morgan fingerprint density at radius 3 is 1.40 bits per heavy atom. The average molecular weight is 823 g/mol. The molecule has 4 rings (SSSR count). The van der Waals surface area contributed by atoms with Crippen molar-refractivity contribution >= 4 is 58.0 Å². The molecule has 0 aromatic heterocycles. The van der Waals surface area contributed by atoms with Gasteiger partial charge in [0, 0.05) is 6.07 Å². The van der Waals surface area contributed by atoms with Gasteiger partial charge in [-0.1, -0.05) is 139 Å². The summed E-state index contributed by atoms with van der Waals surface area (Å²) in [5, 5.41) is 22.5. The molecule has 13 heteroatoms. The standard InChI is InChI=1S/2C21H28O5S.Ca/c2*1-2-3-4-5-6-7-9-12-17-15-19(22)20(16-21(17)27(23,24)25)26-18-13-10-8-11-14-18;/h2*8,10-11,13-16,22H,2-7,9,12H2,1H3,(H,23,24,25);/q;;+2/p-2. The molecule has 2 N–H and O–H groups in total. The zero-order valence-electron chi connectivity index (χ0n) is 32.1. The summed E-state index contributed by atoms with van der Waals surface area (Å²) in [5.41, 5.74) is 0.688. The Bertz CT molecular complexity index is 1780. The van der Waals surface area contributed by atoms with Crippen molar-refractivity contribution in [2.24, 2.45) is 0 Å². The summed E-state index contributed by atoms with van der Waals surface area (Å²) in [7, 11) is -9.10. The molecule has 0 atom stereocenters. The van der Waals surface area contributed by atoms with Crippen molar-refractivity contribution in [1.29, 1.82) is 0 Å². The molecule has 4 aromatic carbocycles. The molecule has 296 valence electrons. The summed E-state index contributed by atoms with van der Waals surface area (Å²) in [6.07, 6.45) is 16.1. The van der Waals surface area contributed by atoms with Gasteiger partial charge in [0.1, 0.15) is 32.3 Å². The number of phenols is 1. The van der Waals surface area contributed by atoms with Crippen LogP contribution in [0.1, 0.15) is 115 Å². The molecule has 0 saturated carbocycles. The summed E-state index contributed by atoms with van der Waals surface area (Å²) in [6.45, 7) is 4.34. The number of unbranched alkanes of at least 4 members (excludes halogenated alkanes) is 12. The molecule has 0 bridgehead atoms. The number of aromatic hydroxyl groups is 1. The van der Waals surface area contributed by atoms with E-state index >= 15 is 0 Å². The number of phenolic OH excluding ortho intramolecular Hbond substituents is 1. The monoisotopic (exact) mass is 822 g/mol. The summed E-state index contributed by atoms with van der Waals surface area (Å²) < 4.78 is 79.2. The maximum Gasteiger partial charge on any atom is 2.00 e. The van der Waals surface area contributed by atoms with Crippen molar-refractivity contribution in [2.45, 2.75) is 126 Å². The molecule has 0 spiro atoms. The Morgan fingerprint density at radius 1 is 0.564 bits per heavy atom. The number of aryl methyl sites for hydroxylation is 2. The Kier molecular flexibility index (Phi) is 22.3. The van der Waals surface area contributed by atoms with Crippen LogP contribution in [-0.4, -0.2) is 68.8 Å². The van der Waals surface area contributed by atoms with E-state index in [1.807, 2.05) is 6.07 Å². The normalized spacial score (nSPS) is 11.3. The fourth-order valence-corrected chi connectivity index (χ4v) is 7.46. The van der Waals surface area contributed by atoms with Crippen molar-refractivity contribution in [3.05, 3.63) is 96.1 Å². The first-order chi connectivity index (χ1) is 25.8. The van der Waals surface area contributed by atoms with Crippen molar-refractivity contribution in [3.63, 3.8) is 0 Å². The molecule has 0 saturated heterocycles. The van der Waals surface area contributed by atoms with Gasteiger partial charge >= 0.3 is 37.7 Å². The van der Waals surface area contributed by atoms with E-state index in [1.54, 1.807) is 54.6 Å². The zero-order valence-corrected chi connectivity index (χ0v) is 35.9. The maximum absolute atomic E-state index is 12.3. The first kappa shape index (κ1) is 48.3. The maximum atomic E-state index is 12.3. The number of para-hydroxylation sites is 2. The number of hydrogen-bond donors (Lipinski definition) is 2. The summed E-state index contributed by atoms with van der Waals surface area (Å²) >= 11 is 0. The minimum absolute atomic E-state index is 0. The molecule has 0 aliphatic rings. The van der Waals surface area contributed by atoms with E-state index in [4.69, 9.17) is 9.47 Å². The van der Waals surface area contributed by atoms with Crippen LogP contribution in [-0.2, 0) is 33.1 Å². The van der Waals surface area contributed by atoms with Gasteiger partial charge in [0.2, 0.25) is 0 Å². The number of benzene rings is 4. The van der Waals surface area contributed by atoms with Gasteiger partial charge in [0.05, 0.1) is 4.90 Å². The van der Waals surface area contributed by atoms with E-state index < -0.39 is 26.0 Å². The predicted molar refractivity (Wildman–Crippen MR) is 214 cm³/mol. The second kappa shape index (κ2) is 25.4. The molecule has 0 radical (unpaired) electrons.